The minimum Gasteiger partial charge on any atom is -0.375 e. The van der Waals surface area contributed by atoms with Crippen LogP contribution in [0.15, 0.2) is 4.52 Å². The van der Waals surface area contributed by atoms with Gasteiger partial charge in [0, 0.05) is 39.0 Å². The molecule has 1 spiro atoms. The van der Waals surface area contributed by atoms with Crippen LogP contribution in [0, 0.1) is 5.92 Å². The Hall–Kier alpha value is -1.43. The third-order valence-corrected chi connectivity index (χ3v) is 5.60. The van der Waals surface area contributed by atoms with Crippen LogP contribution in [0.25, 0.3) is 0 Å². The van der Waals surface area contributed by atoms with Crippen LogP contribution in [-0.4, -0.2) is 46.2 Å². The van der Waals surface area contributed by atoms with E-state index in [0.717, 1.165) is 63.5 Å². The van der Waals surface area contributed by atoms with Crippen LogP contribution in [0.3, 0.4) is 0 Å². The van der Waals surface area contributed by atoms with Crippen LogP contribution < -0.4 is 0 Å². The molecule has 6 nitrogen and oxygen atoms in total. The van der Waals surface area contributed by atoms with E-state index >= 15 is 0 Å². The summed E-state index contributed by atoms with van der Waals surface area (Å²) in [5.41, 5.74) is -0.0437. The monoisotopic (exact) mass is 319 g/mol. The number of likely N-dealkylation sites (tertiary alicyclic amines) is 1. The normalized spacial score (nSPS) is 27.3. The molecule has 1 aromatic rings. The van der Waals surface area contributed by atoms with Gasteiger partial charge in [-0.25, -0.2) is 0 Å². The van der Waals surface area contributed by atoms with Crippen molar-refractivity contribution in [2.75, 3.05) is 19.7 Å². The maximum Gasteiger partial charge on any atom is 0.229 e. The largest absolute Gasteiger partial charge is 0.375 e. The molecule has 3 fully saturated rings. The maximum absolute atomic E-state index is 11.5. The minimum atomic E-state index is -0.0437. The second-order valence-corrected chi connectivity index (χ2v) is 7.42. The third kappa shape index (κ3) is 3.27. The molecule has 6 heteroatoms. The zero-order valence-corrected chi connectivity index (χ0v) is 13.8. The first-order chi connectivity index (χ1) is 11.1. The average Bonchev–Trinajstić information content (AvgIpc) is 3.28. The van der Waals surface area contributed by atoms with E-state index in [4.69, 9.17) is 9.26 Å². The number of carbonyl (C=O) groups excluding carboxylic acids is 1. The van der Waals surface area contributed by atoms with Crippen molar-refractivity contribution in [3.05, 3.63) is 11.7 Å². The molecular formula is C17H25N3O3. The van der Waals surface area contributed by atoms with Gasteiger partial charge in [0.25, 0.3) is 0 Å². The van der Waals surface area contributed by atoms with Gasteiger partial charge in [-0.2, -0.15) is 4.98 Å². The number of rotatable bonds is 3. The Balaban J connectivity index is 1.36. The summed E-state index contributed by atoms with van der Waals surface area (Å²) in [5, 5.41) is 4.16. The quantitative estimate of drug-likeness (QED) is 0.855. The molecule has 1 saturated carbocycles. The first-order valence-electron chi connectivity index (χ1n) is 8.85. The van der Waals surface area contributed by atoms with Crippen molar-refractivity contribution in [3.63, 3.8) is 0 Å². The highest BCUT2D eigenvalue weighted by Crippen LogP contribution is 2.40. The summed E-state index contributed by atoms with van der Waals surface area (Å²) in [7, 11) is 0. The molecule has 3 aliphatic rings. The molecule has 4 rings (SSSR count). The zero-order valence-electron chi connectivity index (χ0n) is 13.8. The number of aromatic nitrogens is 2. The second-order valence-electron chi connectivity index (χ2n) is 7.42. The predicted molar refractivity (Wildman–Crippen MR) is 82.9 cm³/mol. The van der Waals surface area contributed by atoms with Gasteiger partial charge >= 0.3 is 0 Å². The number of hydrogen-bond acceptors (Lipinski definition) is 5. The molecule has 3 heterocycles. The van der Waals surface area contributed by atoms with Crippen LogP contribution in [0.1, 0.15) is 63.1 Å². The van der Waals surface area contributed by atoms with Crippen LogP contribution in [0.4, 0.5) is 0 Å². The molecule has 0 aromatic carbocycles. The van der Waals surface area contributed by atoms with E-state index in [-0.39, 0.29) is 11.5 Å². The van der Waals surface area contributed by atoms with Gasteiger partial charge in [0.15, 0.2) is 5.82 Å². The Morgan fingerprint density at radius 1 is 1.30 bits per heavy atom. The summed E-state index contributed by atoms with van der Waals surface area (Å²) in [4.78, 5) is 18.0. The van der Waals surface area contributed by atoms with Crippen LogP contribution in [-0.2, 0) is 16.0 Å². The van der Waals surface area contributed by atoms with E-state index in [1.54, 1.807) is 6.92 Å². The summed E-state index contributed by atoms with van der Waals surface area (Å²) in [6.45, 7) is 4.08. The first-order valence-corrected chi connectivity index (χ1v) is 8.85. The van der Waals surface area contributed by atoms with E-state index in [2.05, 4.69) is 10.1 Å². The number of nitrogens with zero attached hydrogens (tertiary/aromatic N) is 3. The highest BCUT2D eigenvalue weighted by Gasteiger charge is 2.41. The molecule has 1 atom stereocenters. The first kappa shape index (κ1) is 15.1. The van der Waals surface area contributed by atoms with E-state index in [1.165, 1.54) is 12.8 Å². The molecule has 1 aliphatic carbocycles. The molecule has 0 bridgehead atoms. The molecule has 0 N–H and O–H groups in total. The number of hydrogen-bond donors (Lipinski definition) is 0. The van der Waals surface area contributed by atoms with Crippen molar-refractivity contribution in [2.45, 2.75) is 63.4 Å². The van der Waals surface area contributed by atoms with Gasteiger partial charge in [-0.15, -0.1) is 0 Å². The van der Waals surface area contributed by atoms with Crippen molar-refractivity contribution in [3.8, 4) is 0 Å². The summed E-state index contributed by atoms with van der Waals surface area (Å²) in [6, 6.07) is 0. The summed E-state index contributed by atoms with van der Waals surface area (Å²) in [6.07, 6.45) is 7.27. The van der Waals surface area contributed by atoms with Gasteiger partial charge in [0.05, 0.1) is 5.60 Å². The molecule has 0 radical (unpaired) electrons. The van der Waals surface area contributed by atoms with Crippen LogP contribution in [0.2, 0.25) is 0 Å². The third-order valence-electron chi connectivity index (χ3n) is 5.60. The smallest absolute Gasteiger partial charge is 0.229 e. The second kappa shape index (κ2) is 5.89. The van der Waals surface area contributed by atoms with Crippen LogP contribution in [0.5, 0.6) is 0 Å². The SMILES string of the molecule is CC(=O)N1CCC2(CC1)CC(Cc1noc(C3CC3)n1)CCO2. The van der Waals surface area contributed by atoms with Crippen molar-refractivity contribution in [2.24, 2.45) is 5.92 Å². The van der Waals surface area contributed by atoms with Crippen molar-refractivity contribution in [1.29, 1.82) is 0 Å². The van der Waals surface area contributed by atoms with Crippen molar-refractivity contribution < 1.29 is 14.1 Å². The molecule has 126 valence electrons. The van der Waals surface area contributed by atoms with E-state index in [1.807, 2.05) is 4.90 Å². The lowest BCUT2D eigenvalue weighted by atomic mass is 9.78. The Kier molecular flexibility index (Phi) is 3.87. The number of ether oxygens (including phenoxy) is 1. The maximum atomic E-state index is 11.5. The summed E-state index contributed by atoms with van der Waals surface area (Å²) < 4.78 is 11.5. The van der Waals surface area contributed by atoms with Gasteiger partial charge in [0.2, 0.25) is 11.8 Å². The fraction of sp³-hybridized carbons (Fsp3) is 0.824. The highest BCUT2D eigenvalue weighted by atomic mass is 16.5. The lowest BCUT2D eigenvalue weighted by Crippen LogP contribution is -2.50. The van der Waals surface area contributed by atoms with E-state index in [0.29, 0.717) is 11.8 Å². The highest BCUT2D eigenvalue weighted by molar-refractivity contribution is 5.73. The molecule has 1 amide bonds. The minimum absolute atomic E-state index is 0.0437. The Labute approximate surface area is 136 Å². The summed E-state index contributed by atoms with van der Waals surface area (Å²) >= 11 is 0. The fourth-order valence-corrected chi connectivity index (χ4v) is 3.99. The van der Waals surface area contributed by atoms with Gasteiger partial charge in [-0.3, -0.25) is 4.79 Å². The Bertz CT molecular complexity index is 573. The molecule has 1 unspecified atom stereocenters. The van der Waals surface area contributed by atoms with Gasteiger partial charge in [-0.1, -0.05) is 5.16 Å². The number of piperidine rings is 1. The van der Waals surface area contributed by atoms with Crippen molar-refractivity contribution in [1.82, 2.24) is 15.0 Å². The lowest BCUT2D eigenvalue weighted by Gasteiger charge is -2.46. The molecule has 2 saturated heterocycles. The van der Waals surface area contributed by atoms with Crippen molar-refractivity contribution >= 4 is 5.91 Å². The Morgan fingerprint density at radius 3 is 2.78 bits per heavy atom. The number of amides is 1. The van der Waals surface area contributed by atoms with Gasteiger partial charge < -0.3 is 14.2 Å². The predicted octanol–water partition coefficient (Wildman–Crippen LogP) is 2.30. The van der Waals surface area contributed by atoms with Gasteiger partial charge in [0.1, 0.15) is 0 Å². The lowest BCUT2D eigenvalue weighted by molar-refractivity contribution is -0.145. The molecule has 1 aromatic heterocycles. The fourth-order valence-electron chi connectivity index (χ4n) is 3.99. The van der Waals surface area contributed by atoms with E-state index in [9.17, 15) is 4.79 Å². The Morgan fingerprint density at radius 2 is 2.09 bits per heavy atom. The average molecular weight is 319 g/mol. The van der Waals surface area contributed by atoms with Crippen LogP contribution >= 0.6 is 0 Å². The zero-order chi connectivity index (χ0) is 15.9. The number of carbonyl (C=O) groups is 1. The molecular weight excluding hydrogens is 294 g/mol. The standard InChI is InChI=1S/C17H25N3O3/c1-12(21)20-7-5-17(6-8-20)11-13(4-9-22-17)10-15-18-16(23-19-15)14-2-3-14/h13-14H,2-11H2,1H3. The summed E-state index contributed by atoms with van der Waals surface area (Å²) in [5.74, 6) is 2.93. The molecule has 23 heavy (non-hydrogen) atoms. The topological polar surface area (TPSA) is 68.5 Å². The van der Waals surface area contributed by atoms with E-state index < -0.39 is 0 Å². The van der Waals surface area contributed by atoms with Gasteiger partial charge in [-0.05, 0) is 44.4 Å². The molecule has 2 aliphatic heterocycles.